The number of rotatable bonds is 4. The fraction of sp³-hybridized carbons (Fsp3) is 0.250. The fourth-order valence-electron chi connectivity index (χ4n) is 1.64. The maximum absolute atomic E-state index is 6.18. The van der Waals surface area contributed by atoms with E-state index in [1.165, 1.54) is 4.88 Å². The molecule has 0 saturated carbocycles. The van der Waals surface area contributed by atoms with Crippen molar-refractivity contribution in [2.45, 2.75) is 12.5 Å². The molecule has 17 heavy (non-hydrogen) atoms. The van der Waals surface area contributed by atoms with Crippen molar-refractivity contribution in [3.05, 3.63) is 44.7 Å². The zero-order chi connectivity index (χ0) is 12.3. The van der Waals surface area contributed by atoms with Crippen LogP contribution in [-0.2, 0) is 6.42 Å². The highest BCUT2D eigenvalue weighted by Gasteiger charge is 2.13. The van der Waals surface area contributed by atoms with Gasteiger partial charge in [0.15, 0.2) is 0 Å². The van der Waals surface area contributed by atoms with Gasteiger partial charge in [-0.2, -0.15) is 0 Å². The van der Waals surface area contributed by atoms with Crippen LogP contribution in [0.1, 0.15) is 16.5 Å². The summed E-state index contributed by atoms with van der Waals surface area (Å²) in [6.07, 6.45) is 2.50. The molecule has 0 saturated heterocycles. The second kappa shape index (κ2) is 5.62. The molecule has 2 aromatic rings. The molecule has 0 aromatic carbocycles. The lowest BCUT2D eigenvalue weighted by molar-refractivity contribution is 0.388. The monoisotopic (exact) mass is 312 g/mol. The van der Waals surface area contributed by atoms with Crippen LogP contribution in [0.5, 0.6) is 5.88 Å². The Hall–Kier alpha value is -0.910. The molecule has 0 amide bonds. The standard InChI is InChI=1S/C12H13BrN2OS/c1-16-12-10(3-2-4-15-12)11(14)6-9-5-8(13)7-17-9/h2-5,7,11H,6,14H2,1H3. The van der Waals surface area contributed by atoms with Crippen molar-refractivity contribution in [2.24, 2.45) is 5.73 Å². The molecule has 1 unspecified atom stereocenters. The predicted molar refractivity (Wildman–Crippen MR) is 73.4 cm³/mol. The average Bonchev–Trinajstić information content (AvgIpc) is 2.74. The number of aromatic nitrogens is 1. The third kappa shape index (κ3) is 3.06. The van der Waals surface area contributed by atoms with E-state index in [9.17, 15) is 0 Å². The molecule has 2 aromatic heterocycles. The SMILES string of the molecule is COc1ncccc1C(N)Cc1cc(Br)cs1. The maximum Gasteiger partial charge on any atom is 0.217 e. The second-order valence-corrected chi connectivity index (χ2v) is 5.56. The van der Waals surface area contributed by atoms with E-state index in [0.29, 0.717) is 5.88 Å². The van der Waals surface area contributed by atoms with E-state index in [1.807, 2.05) is 12.1 Å². The van der Waals surface area contributed by atoms with Crippen molar-refractivity contribution in [3.8, 4) is 5.88 Å². The zero-order valence-electron chi connectivity index (χ0n) is 9.39. The first-order valence-corrected chi connectivity index (χ1v) is 6.85. The number of pyridine rings is 1. The van der Waals surface area contributed by atoms with Crippen LogP contribution in [0.3, 0.4) is 0 Å². The number of methoxy groups -OCH3 is 1. The van der Waals surface area contributed by atoms with Crippen LogP contribution in [0.25, 0.3) is 0 Å². The van der Waals surface area contributed by atoms with Gasteiger partial charge in [-0.1, -0.05) is 6.07 Å². The van der Waals surface area contributed by atoms with Crippen molar-refractivity contribution in [2.75, 3.05) is 7.11 Å². The van der Waals surface area contributed by atoms with Gasteiger partial charge in [-0.25, -0.2) is 4.98 Å². The van der Waals surface area contributed by atoms with E-state index in [0.717, 1.165) is 16.5 Å². The van der Waals surface area contributed by atoms with E-state index in [4.69, 9.17) is 10.5 Å². The molecule has 3 nitrogen and oxygen atoms in total. The Morgan fingerprint density at radius 3 is 3.06 bits per heavy atom. The van der Waals surface area contributed by atoms with Gasteiger partial charge < -0.3 is 10.5 Å². The number of halogens is 1. The number of thiophene rings is 1. The van der Waals surface area contributed by atoms with Gasteiger partial charge >= 0.3 is 0 Å². The molecule has 2 N–H and O–H groups in total. The number of nitrogens with two attached hydrogens (primary N) is 1. The first-order chi connectivity index (χ1) is 8.20. The fourth-order valence-corrected chi connectivity index (χ4v) is 3.15. The summed E-state index contributed by atoms with van der Waals surface area (Å²) in [5.41, 5.74) is 7.13. The summed E-state index contributed by atoms with van der Waals surface area (Å²) in [4.78, 5) is 5.40. The van der Waals surface area contributed by atoms with Gasteiger partial charge in [0.1, 0.15) is 0 Å². The highest BCUT2D eigenvalue weighted by molar-refractivity contribution is 9.10. The molecular weight excluding hydrogens is 300 g/mol. The van der Waals surface area contributed by atoms with Crippen LogP contribution in [0.15, 0.2) is 34.2 Å². The lowest BCUT2D eigenvalue weighted by Crippen LogP contribution is -2.14. The van der Waals surface area contributed by atoms with Crippen LogP contribution in [0.4, 0.5) is 0 Å². The first kappa shape index (κ1) is 12.5. The lowest BCUT2D eigenvalue weighted by atomic mass is 10.1. The van der Waals surface area contributed by atoms with E-state index in [1.54, 1.807) is 24.6 Å². The summed E-state index contributed by atoms with van der Waals surface area (Å²) < 4.78 is 6.31. The molecule has 2 heterocycles. The number of hydrogen-bond acceptors (Lipinski definition) is 4. The number of hydrogen-bond donors (Lipinski definition) is 1. The van der Waals surface area contributed by atoms with E-state index < -0.39 is 0 Å². The third-order valence-electron chi connectivity index (χ3n) is 2.44. The minimum Gasteiger partial charge on any atom is -0.481 e. The Bertz CT molecular complexity index is 501. The second-order valence-electron chi connectivity index (χ2n) is 3.64. The molecule has 0 bridgehead atoms. The van der Waals surface area contributed by atoms with Crippen molar-refractivity contribution in [1.29, 1.82) is 0 Å². The molecule has 0 aliphatic rings. The molecule has 5 heteroatoms. The first-order valence-electron chi connectivity index (χ1n) is 5.18. The highest BCUT2D eigenvalue weighted by atomic mass is 79.9. The van der Waals surface area contributed by atoms with Crippen LogP contribution >= 0.6 is 27.3 Å². The smallest absolute Gasteiger partial charge is 0.217 e. The Labute approximate surface area is 113 Å². The summed E-state index contributed by atoms with van der Waals surface area (Å²) in [7, 11) is 1.61. The van der Waals surface area contributed by atoms with Crippen LogP contribution in [-0.4, -0.2) is 12.1 Å². The minimum atomic E-state index is -0.0933. The number of nitrogens with zero attached hydrogens (tertiary/aromatic N) is 1. The van der Waals surface area contributed by atoms with E-state index in [-0.39, 0.29) is 6.04 Å². The summed E-state index contributed by atoms with van der Waals surface area (Å²) in [5, 5.41) is 2.06. The topological polar surface area (TPSA) is 48.1 Å². The normalized spacial score (nSPS) is 12.4. The van der Waals surface area contributed by atoms with Gasteiger partial charge in [0.25, 0.3) is 0 Å². The summed E-state index contributed by atoms with van der Waals surface area (Å²) in [6.45, 7) is 0. The van der Waals surface area contributed by atoms with Crippen molar-refractivity contribution < 1.29 is 4.74 Å². The molecule has 0 aliphatic heterocycles. The Balaban J connectivity index is 2.16. The molecular formula is C12H13BrN2OS. The van der Waals surface area contributed by atoms with E-state index in [2.05, 4.69) is 32.4 Å². The van der Waals surface area contributed by atoms with Gasteiger partial charge in [-0.05, 0) is 28.1 Å². The van der Waals surface area contributed by atoms with Crippen molar-refractivity contribution in [1.82, 2.24) is 4.98 Å². The van der Waals surface area contributed by atoms with Gasteiger partial charge in [-0.3, -0.25) is 0 Å². The van der Waals surface area contributed by atoms with Crippen molar-refractivity contribution >= 4 is 27.3 Å². The zero-order valence-corrected chi connectivity index (χ0v) is 11.8. The molecule has 0 fully saturated rings. The quantitative estimate of drug-likeness (QED) is 0.943. The third-order valence-corrected chi connectivity index (χ3v) is 4.16. The largest absolute Gasteiger partial charge is 0.481 e. The molecule has 1 atom stereocenters. The Morgan fingerprint density at radius 1 is 1.59 bits per heavy atom. The molecule has 0 spiro atoms. The maximum atomic E-state index is 6.18. The Morgan fingerprint density at radius 2 is 2.41 bits per heavy atom. The van der Waals surface area contributed by atoms with Crippen LogP contribution in [0.2, 0.25) is 0 Å². The van der Waals surface area contributed by atoms with Crippen LogP contribution in [0, 0.1) is 0 Å². The highest BCUT2D eigenvalue weighted by Crippen LogP contribution is 2.27. The molecule has 90 valence electrons. The lowest BCUT2D eigenvalue weighted by Gasteiger charge is -2.13. The van der Waals surface area contributed by atoms with Gasteiger partial charge in [-0.15, -0.1) is 11.3 Å². The summed E-state index contributed by atoms with van der Waals surface area (Å²) in [5.74, 6) is 0.607. The molecule has 2 rings (SSSR count). The molecule has 0 aliphatic carbocycles. The Kier molecular flexibility index (Phi) is 4.15. The minimum absolute atomic E-state index is 0.0933. The number of ether oxygens (including phenoxy) is 1. The van der Waals surface area contributed by atoms with Gasteiger partial charge in [0.2, 0.25) is 5.88 Å². The van der Waals surface area contributed by atoms with Gasteiger partial charge in [0.05, 0.1) is 7.11 Å². The van der Waals surface area contributed by atoms with Crippen molar-refractivity contribution in [3.63, 3.8) is 0 Å². The summed E-state index contributed by atoms with van der Waals surface area (Å²) in [6, 6.07) is 5.83. The van der Waals surface area contributed by atoms with E-state index >= 15 is 0 Å². The predicted octanol–water partition coefficient (Wildman–Crippen LogP) is 3.16. The summed E-state index contributed by atoms with van der Waals surface area (Å²) >= 11 is 5.14. The van der Waals surface area contributed by atoms with Gasteiger partial charge in [0, 0.05) is 39.0 Å². The average molecular weight is 313 g/mol. The molecule has 0 radical (unpaired) electrons. The van der Waals surface area contributed by atoms with Crippen LogP contribution < -0.4 is 10.5 Å².